The Labute approximate surface area is 164 Å². The third-order valence-electron chi connectivity index (χ3n) is 5.34. The summed E-state index contributed by atoms with van der Waals surface area (Å²) in [6.07, 6.45) is 13.4. The number of aryl methyl sites for hydroxylation is 1. The van der Waals surface area contributed by atoms with Crippen LogP contribution in [0.1, 0.15) is 82.8 Å². The number of rotatable bonds is 11. The van der Waals surface area contributed by atoms with Gasteiger partial charge in [0.15, 0.2) is 5.82 Å². The molecular weight excluding hydrogens is 330 g/mol. The van der Waals surface area contributed by atoms with Crippen LogP contribution in [0, 0.1) is 17.2 Å². The zero-order chi connectivity index (χ0) is 19.5. The van der Waals surface area contributed by atoms with Gasteiger partial charge in [0.2, 0.25) is 0 Å². The lowest BCUT2D eigenvalue weighted by Gasteiger charge is -2.14. The van der Waals surface area contributed by atoms with E-state index in [0.717, 1.165) is 36.2 Å². The van der Waals surface area contributed by atoms with Gasteiger partial charge in [-0.3, -0.25) is 0 Å². The van der Waals surface area contributed by atoms with Crippen LogP contribution >= 0.6 is 0 Å². The Morgan fingerprint density at radius 1 is 0.963 bits per heavy atom. The quantitative estimate of drug-likeness (QED) is 0.417. The zero-order valence-corrected chi connectivity index (χ0v) is 17.1. The van der Waals surface area contributed by atoms with E-state index in [1.807, 2.05) is 24.5 Å². The molecule has 1 aromatic heterocycles. The fraction of sp³-hybridized carbons (Fsp3) is 0.542. The van der Waals surface area contributed by atoms with Crippen LogP contribution in [0.2, 0.25) is 0 Å². The number of nitrogens with zero attached hydrogens (tertiary/aromatic N) is 3. The summed E-state index contributed by atoms with van der Waals surface area (Å²) in [7, 11) is 0. The molecule has 144 valence electrons. The SMILES string of the molecule is CCCCCCCc1cnc(-c2ccc(C(C#N)CC(C)CC)cc2)nc1. The summed E-state index contributed by atoms with van der Waals surface area (Å²) >= 11 is 0. The first-order valence-corrected chi connectivity index (χ1v) is 10.5. The second-order valence-electron chi connectivity index (χ2n) is 7.63. The van der Waals surface area contributed by atoms with Crippen molar-refractivity contribution in [1.82, 2.24) is 9.97 Å². The Balaban J connectivity index is 1.95. The largest absolute Gasteiger partial charge is 0.236 e. The van der Waals surface area contributed by atoms with E-state index in [0.29, 0.717) is 5.92 Å². The van der Waals surface area contributed by atoms with E-state index < -0.39 is 0 Å². The Morgan fingerprint density at radius 2 is 1.63 bits per heavy atom. The van der Waals surface area contributed by atoms with Crippen LogP contribution in [0.4, 0.5) is 0 Å². The van der Waals surface area contributed by atoms with Gasteiger partial charge in [0.25, 0.3) is 0 Å². The summed E-state index contributed by atoms with van der Waals surface area (Å²) in [5, 5.41) is 9.48. The summed E-state index contributed by atoms with van der Waals surface area (Å²) in [5.74, 6) is 1.28. The van der Waals surface area contributed by atoms with Crippen molar-refractivity contribution in [2.75, 3.05) is 0 Å². The van der Waals surface area contributed by atoms with Crippen LogP contribution in [0.5, 0.6) is 0 Å². The third kappa shape index (κ3) is 6.79. The molecule has 2 rings (SSSR count). The van der Waals surface area contributed by atoms with Crippen LogP contribution in [0.3, 0.4) is 0 Å². The summed E-state index contributed by atoms with van der Waals surface area (Å²) < 4.78 is 0. The fourth-order valence-corrected chi connectivity index (χ4v) is 3.26. The van der Waals surface area contributed by atoms with Crippen LogP contribution < -0.4 is 0 Å². The molecule has 27 heavy (non-hydrogen) atoms. The molecule has 0 spiro atoms. The summed E-state index contributed by atoms with van der Waals surface area (Å²) in [4.78, 5) is 9.09. The van der Waals surface area contributed by atoms with Crippen molar-refractivity contribution in [3.05, 3.63) is 47.8 Å². The van der Waals surface area contributed by atoms with E-state index in [1.165, 1.54) is 37.7 Å². The zero-order valence-electron chi connectivity index (χ0n) is 17.1. The number of nitriles is 1. The molecule has 0 aliphatic rings. The maximum absolute atomic E-state index is 9.48. The van der Waals surface area contributed by atoms with Crippen molar-refractivity contribution in [1.29, 1.82) is 5.26 Å². The van der Waals surface area contributed by atoms with Crippen LogP contribution in [-0.2, 0) is 6.42 Å². The smallest absolute Gasteiger partial charge is 0.159 e. The van der Waals surface area contributed by atoms with Crippen molar-refractivity contribution in [2.24, 2.45) is 5.92 Å². The molecule has 0 amide bonds. The number of benzene rings is 1. The van der Waals surface area contributed by atoms with E-state index in [2.05, 4.69) is 48.9 Å². The van der Waals surface area contributed by atoms with Gasteiger partial charge in [-0.1, -0.05) is 77.1 Å². The molecule has 3 heteroatoms. The van der Waals surface area contributed by atoms with E-state index in [4.69, 9.17) is 0 Å². The molecule has 0 bridgehead atoms. The van der Waals surface area contributed by atoms with Gasteiger partial charge < -0.3 is 0 Å². The molecule has 0 saturated carbocycles. The van der Waals surface area contributed by atoms with Crippen molar-refractivity contribution in [2.45, 2.75) is 78.1 Å². The van der Waals surface area contributed by atoms with Gasteiger partial charge in [0.05, 0.1) is 12.0 Å². The van der Waals surface area contributed by atoms with Crippen molar-refractivity contribution in [3.63, 3.8) is 0 Å². The molecule has 2 aromatic rings. The lowest BCUT2D eigenvalue weighted by atomic mass is 9.89. The van der Waals surface area contributed by atoms with Gasteiger partial charge >= 0.3 is 0 Å². The molecule has 0 N–H and O–H groups in total. The molecule has 1 aromatic carbocycles. The van der Waals surface area contributed by atoms with Crippen LogP contribution in [-0.4, -0.2) is 9.97 Å². The van der Waals surface area contributed by atoms with E-state index in [9.17, 15) is 5.26 Å². The summed E-state index contributed by atoms with van der Waals surface area (Å²) in [5.41, 5.74) is 3.31. The number of unbranched alkanes of at least 4 members (excludes halogenated alkanes) is 4. The van der Waals surface area contributed by atoms with E-state index in [-0.39, 0.29) is 5.92 Å². The monoisotopic (exact) mass is 363 g/mol. The minimum atomic E-state index is -0.0370. The highest BCUT2D eigenvalue weighted by atomic mass is 14.9. The fourth-order valence-electron chi connectivity index (χ4n) is 3.26. The highest BCUT2D eigenvalue weighted by Gasteiger charge is 2.14. The Kier molecular flexibility index (Phi) is 8.98. The lowest BCUT2D eigenvalue weighted by Crippen LogP contribution is -2.02. The molecule has 2 atom stereocenters. The van der Waals surface area contributed by atoms with Gasteiger partial charge in [0, 0.05) is 18.0 Å². The first-order chi connectivity index (χ1) is 13.2. The predicted octanol–water partition coefficient (Wildman–Crippen LogP) is 6.70. The maximum Gasteiger partial charge on any atom is 0.159 e. The van der Waals surface area contributed by atoms with Gasteiger partial charge in [-0.2, -0.15) is 5.26 Å². The normalized spacial score (nSPS) is 13.1. The molecule has 0 radical (unpaired) electrons. The molecule has 0 aliphatic heterocycles. The minimum absolute atomic E-state index is 0.0370. The molecule has 0 aliphatic carbocycles. The van der Waals surface area contributed by atoms with Crippen molar-refractivity contribution < 1.29 is 0 Å². The first-order valence-electron chi connectivity index (χ1n) is 10.5. The second kappa shape index (κ2) is 11.5. The van der Waals surface area contributed by atoms with Gasteiger partial charge in [0.1, 0.15) is 0 Å². The molecule has 0 fully saturated rings. The molecular formula is C24H33N3. The first kappa shape index (κ1) is 21.1. The number of aromatic nitrogens is 2. The van der Waals surface area contributed by atoms with Gasteiger partial charge in [-0.25, -0.2) is 9.97 Å². The second-order valence-corrected chi connectivity index (χ2v) is 7.63. The lowest BCUT2D eigenvalue weighted by molar-refractivity contribution is 0.494. The highest BCUT2D eigenvalue weighted by molar-refractivity contribution is 5.55. The van der Waals surface area contributed by atoms with Gasteiger partial charge in [-0.15, -0.1) is 0 Å². The topological polar surface area (TPSA) is 49.6 Å². The van der Waals surface area contributed by atoms with Crippen molar-refractivity contribution in [3.8, 4) is 17.5 Å². The van der Waals surface area contributed by atoms with Gasteiger partial charge in [-0.05, 0) is 36.3 Å². The average Bonchev–Trinajstić information content (AvgIpc) is 2.72. The highest BCUT2D eigenvalue weighted by Crippen LogP contribution is 2.26. The van der Waals surface area contributed by atoms with E-state index in [1.54, 1.807) is 0 Å². The predicted molar refractivity (Wildman–Crippen MR) is 112 cm³/mol. The van der Waals surface area contributed by atoms with Crippen LogP contribution in [0.25, 0.3) is 11.4 Å². The third-order valence-corrected chi connectivity index (χ3v) is 5.34. The summed E-state index contributed by atoms with van der Waals surface area (Å²) in [6.45, 7) is 6.62. The number of hydrogen-bond acceptors (Lipinski definition) is 3. The average molecular weight is 364 g/mol. The minimum Gasteiger partial charge on any atom is -0.236 e. The maximum atomic E-state index is 9.48. The number of hydrogen-bond donors (Lipinski definition) is 0. The molecule has 1 heterocycles. The van der Waals surface area contributed by atoms with E-state index >= 15 is 0 Å². The Bertz CT molecular complexity index is 698. The Morgan fingerprint density at radius 3 is 2.22 bits per heavy atom. The molecule has 0 saturated heterocycles. The molecule has 2 unspecified atom stereocenters. The molecule has 3 nitrogen and oxygen atoms in total. The summed E-state index contributed by atoms with van der Waals surface area (Å²) in [6, 6.07) is 10.6. The van der Waals surface area contributed by atoms with Crippen molar-refractivity contribution >= 4 is 0 Å². The standard InChI is InChI=1S/C24H33N3/c1-4-6-7-8-9-10-20-17-26-24(27-18-20)22-13-11-21(12-14-22)23(16-25)15-19(3)5-2/h11-14,17-19,23H,4-10,15H2,1-3H3. The Hall–Kier alpha value is -2.21. The van der Waals surface area contributed by atoms with Crippen LogP contribution in [0.15, 0.2) is 36.7 Å².